The number of nitro groups is 1. The summed E-state index contributed by atoms with van der Waals surface area (Å²) in [6.45, 7) is 0. The zero-order valence-electron chi connectivity index (χ0n) is 14.2. The number of phenolic OH excluding ortho intramolecular Hbond substituents is 2. The number of rotatable bonds is 3. The third-order valence-corrected chi connectivity index (χ3v) is 4.50. The van der Waals surface area contributed by atoms with E-state index < -0.39 is 28.0 Å². The van der Waals surface area contributed by atoms with Gasteiger partial charge in [-0.05, 0) is 24.3 Å². The molecule has 3 aromatic carbocycles. The highest BCUT2D eigenvalue weighted by Gasteiger charge is 2.35. The molecule has 0 amide bonds. The molecule has 0 unspecified atom stereocenters. The van der Waals surface area contributed by atoms with E-state index >= 15 is 0 Å². The Balaban J connectivity index is 1.87. The molecule has 1 aliphatic carbocycles. The molecule has 1 aliphatic rings. The molecule has 0 saturated heterocycles. The molecule has 4 rings (SSSR count). The number of phenols is 2. The van der Waals surface area contributed by atoms with Crippen LogP contribution in [0.2, 0.25) is 0 Å². The zero-order valence-corrected chi connectivity index (χ0v) is 14.2. The highest BCUT2D eigenvalue weighted by Crippen LogP contribution is 2.44. The Bertz CT molecular complexity index is 1170. The van der Waals surface area contributed by atoms with Gasteiger partial charge in [0.2, 0.25) is 0 Å². The molecule has 3 N–H and O–H groups in total. The summed E-state index contributed by atoms with van der Waals surface area (Å²) in [7, 11) is 0. The van der Waals surface area contributed by atoms with Crippen LogP contribution in [0.5, 0.6) is 11.5 Å². The van der Waals surface area contributed by atoms with Crippen LogP contribution >= 0.6 is 0 Å². The minimum Gasteiger partial charge on any atom is -0.504 e. The summed E-state index contributed by atoms with van der Waals surface area (Å²) in [6, 6.07) is 13.4. The van der Waals surface area contributed by atoms with Gasteiger partial charge < -0.3 is 15.5 Å². The van der Waals surface area contributed by atoms with Crippen molar-refractivity contribution in [2.45, 2.75) is 0 Å². The van der Waals surface area contributed by atoms with Gasteiger partial charge >= 0.3 is 0 Å². The molecule has 0 saturated carbocycles. The molecule has 8 heteroatoms. The number of benzene rings is 3. The number of nitrogens with zero attached hydrogens (tertiary/aromatic N) is 1. The molecule has 0 bridgehead atoms. The molecule has 0 radical (unpaired) electrons. The first-order valence-corrected chi connectivity index (χ1v) is 8.17. The summed E-state index contributed by atoms with van der Waals surface area (Å²) in [5.41, 5.74) is -0.371. The molecule has 0 heterocycles. The quantitative estimate of drug-likeness (QED) is 0.283. The molecule has 0 fully saturated rings. The molecule has 0 atom stereocenters. The number of hydrogen-bond acceptors (Lipinski definition) is 7. The first-order chi connectivity index (χ1) is 13.4. The van der Waals surface area contributed by atoms with Crippen LogP contribution in [0.15, 0.2) is 54.6 Å². The zero-order chi connectivity index (χ0) is 20.0. The van der Waals surface area contributed by atoms with Gasteiger partial charge in [-0.15, -0.1) is 0 Å². The van der Waals surface area contributed by atoms with Gasteiger partial charge in [-0.1, -0.05) is 18.2 Å². The van der Waals surface area contributed by atoms with Gasteiger partial charge in [0.25, 0.3) is 5.69 Å². The number of ketones is 2. The fourth-order valence-corrected chi connectivity index (χ4v) is 3.15. The maximum absolute atomic E-state index is 12.9. The van der Waals surface area contributed by atoms with E-state index in [9.17, 15) is 29.9 Å². The van der Waals surface area contributed by atoms with Crippen LogP contribution in [-0.4, -0.2) is 26.7 Å². The molecule has 0 aliphatic heterocycles. The maximum Gasteiger partial charge on any atom is 0.270 e. The summed E-state index contributed by atoms with van der Waals surface area (Å²) in [6.07, 6.45) is 0. The summed E-state index contributed by atoms with van der Waals surface area (Å²) in [5, 5.41) is 34.6. The van der Waals surface area contributed by atoms with E-state index in [0.29, 0.717) is 5.69 Å². The van der Waals surface area contributed by atoms with Crippen molar-refractivity contribution in [1.82, 2.24) is 0 Å². The Kier molecular flexibility index (Phi) is 3.82. The average Bonchev–Trinajstić information content (AvgIpc) is 2.70. The van der Waals surface area contributed by atoms with Gasteiger partial charge in [0.1, 0.15) is 0 Å². The second kappa shape index (κ2) is 6.20. The Labute approximate surface area is 157 Å². The van der Waals surface area contributed by atoms with Gasteiger partial charge in [-0.25, -0.2) is 0 Å². The monoisotopic (exact) mass is 376 g/mol. The average molecular weight is 376 g/mol. The highest BCUT2D eigenvalue weighted by molar-refractivity contribution is 6.30. The van der Waals surface area contributed by atoms with Gasteiger partial charge in [0.05, 0.1) is 16.2 Å². The minimum atomic E-state index is -0.771. The molecule has 0 spiro atoms. The second-order valence-electron chi connectivity index (χ2n) is 6.18. The Hall–Kier alpha value is -4.20. The van der Waals surface area contributed by atoms with E-state index in [0.717, 1.165) is 12.1 Å². The third kappa shape index (κ3) is 2.55. The van der Waals surface area contributed by atoms with Crippen molar-refractivity contribution in [3.8, 4) is 11.5 Å². The van der Waals surface area contributed by atoms with Gasteiger partial charge in [0.15, 0.2) is 23.1 Å². The van der Waals surface area contributed by atoms with E-state index in [-0.39, 0.29) is 33.6 Å². The van der Waals surface area contributed by atoms with Crippen LogP contribution in [0.1, 0.15) is 31.8 Å². The van der Waals surface area contributed by atoms with Crippen LogP contribution in [0, 0.1) is 10.1 Å². The number of nitro benzene ring substituents is 1. The lowest BCUT2D eigenvalue weighted by molar-refractivity contribution is -0.384. The number of aromatic hydroxyl groups is 2. The number of carbonyl (C=O) groups excluding carboxylic acids is 2. The highest BCUT2D eigenvalue weighted by atomic mass is 16.6. The topological polar surface area (TPSA) is 130 Å². The lowest BCUT2D eigenvalue weighted by Crippen LogP contribution is -2.21. The smallest absolute Gasteiger partial charge is 0.270 e. The van der Waals surface area contributed by atoms with Crippen molar-refractivity contribution in [1.29, 1.82) is 0 Å². The Morgan fingerprint density at radius 3 is 2.21 bits per heavy atom. The summed E-state index contributed by atoms with van der Waals surface area (Å²) >= 11 is 0. The van der Waals surface area contributed by atoms with E-state index in [2.05, 4.69) is 5.32 Å². The molecule has 3 aromatic rings. The lowest BCUT2D eigenvalue weighted by atomic mass is 9.82. The van der Waals surface area contributed by atoms with Gasteiger partial charge in [-0.3, -0.25) is 19.7 Å². The number of anilines is 2. The third-order valence-electron chi connectivity index (χ3n) is 4.50. The van der Waals surface area contributed by atoms with Crippen LogP contribution in [0.3, 0.4) is 0 Å². The predicted molar refractivity (Wildman–Crippen MR) is 99.5 cm³/mol. The molecular formula is C20H12N2O6. The number of carbonyl (C=O) groups is 2. The minimum absolute atomic E-state index is 0.00106. The summed E-state index contributed by atoms with van der Waals surface area (Å²) < 4.78 is 0. The van der Waals surface area contributed by atoms with Crippen LogP contribution < -0.4 is 5.32 Å². The molecule has 0 aromatic heterocycles. The number of para-hydroxylation sites is 1. The van der Waals surface area contributed by atoms with E-state index in [1.807, 2.05) is 0 Å². The Morgan fingerprint density at radius 2 is 1.54 bits per heavy atom. The van der Waals surface area contributed by atoms with E-state index in [1.165, 1.54) is 12.1 Å². The van der Waals surface area contributed by atoms with Crippen molar-refractivity contribution < 1.29 is 24.7 Å². The molecule has 28 heavy (non-hydrogen) atoms. The largest absolute Gasteiger partial charge is 0.504 e. The van der Waals surface area contributed by atoms with Crippen molar-refractivity contribution in [2.75, 3.05) is 5.32 Å². The van der Waals surface area contributed by atoms with E-state index in [4.69, 9.17) is 0 Å². The first-order valence-electron chi connectivity index (χ1n) is 8.17. The Morgan fingerprint density at radius 1 is 0.821 bits per heavy atom. The fraction of sp³-hybridized carbons (Fsp3) is 0. The lowest BCUT2D eigenvalue weighted by Gasteiger charge is -2.20. The van der Waals surface area contributed by atoms with Crippen LogP contribution in [0.25, 0.3) is 0 Å². The number of nitrogens with one attached hydrogen (secondary N) is 1. The number of fused-ring (bicyclic) bond motifs is 2. The fourth-order valence-electron chi connectivity index (χ4n) is 3.15. The van der Waals surface area contributed by atoms with Crippen molar-refractivity contribution in [2.24, 2.45) is 0 Å². The van der Waals surface area contributed by atoms with Crippen molar-refractivity contribution in [3.63, 3.8) is 0 Å². The summed E-state index contributed by atoms with van der Waals surface area (Å²) in [4.78, 5) is 36.0. The SMILES string of the molecule is O=C1c2ccc([N+](=O)[O-])cc2C(=O)c2c1cc(Nc1ccccc1)c(O)c2O. The standard InChI is InChI=1S/C20H12N2O6/c23-17-12-7-6-11(22(27)28)8-13(12)18(24)16-14(17)9-15(19(25)20(16)26)21-10-4-2-1-3-5-10/h1-9,21,25-26H. The summed E-state index contributed by atoms with van der Waals surface area (Å²) in [5.74, 6) is -2.71. The first kappa shape index (κ1) is 17.2. The van der Waals surface area contributed by atoms with Gasteiger partial charge in [-0.2, -0.15) is 0 Å². The number of non-ortho nitro benzene ring substituents is 1. The van der Waals surface area contributed by atoms with Crippen LogP contribution in [-0.2, 0) is 0 Å². The number of hydrogen-bond donors (Lipinski definition) is 3. The van der Waals surface area contributed by atoms with Crippen molar-refractivity contribution in [3.05, 3.63) is 87.0 Å². The van der Waals surface area contributed by atoms with Crippen LogP contribution in [0.4, 0.5) is 17.1 Å². The molecule has 138 valence electrons. The second-order valence-corrected chi connectivity index (χ2v) is 6.18. The normalized spacial score (nSPS) is 12.3. The molecule has 8 nitrogen and oxygen atoms in total. The van der Waals surface area contributed by atoms with E-state index in [1.54, 1.807) is 30.3 Å². The maximum atomic E-state index is 12.9. The van der Waals surface area contributed by atoms with Crippen molar-refractivity contribution >= 4 is 28.6 Å². The molecular weight excluding hydrogens is 364 g/mol. The van der Waals surface area contributed by atoms with Gasteiger partial charge in [0, 0.05) is 34.5 Å². The predicted octanol–water partition coefficient (Wildman–Crippen LogP) is 3.53.